The van der Waals surface area contributed by atoms with Gasteiger partial charge in [-0.25, -0.2) is 43.9 Å². The molecular weight excluding hydrogens is 563 g/mol. The molecule has 0 aliphatic heterocycles. The predicted octanol–water partition coefficient (Wildman–Crippen LogP) is 5.85. The van der Waals surface area contributed by atoms with Crippen LogP contribution < -0.4 is 16.2 Å². The maximum Gasteiger partial charge on any atom is 0.284 e. The molecule has 1 aliphatic rings. The molecule has 0 amide bonds. The first-order chi connectivity index (χ1) is 19.1. The van der Waals surface area contributed by atoms with Crippen LogP contribution in [0.15, 0.2) is 48.5 Å². The summed E-state index contributed by atoms with van der Waals surface area (Å²) in [6.45, 7) is 4.19. The molecule has 0 radical (unpaired) electrons. The van der Waals surface area contributed by atoms with Crippen LogP contribution >= 0.6 is 0 Å². The zero-order valence-electron chi connectivity index (χ0n) is 21.6. The van der Waals surface area contributed by atoms with Crippen molar-refractivity contribution in [3.8, 4) is 11.1 Å². The van der Waals surface area contributed by atoms with E-state index < -0.39 is 86.7 Å². The fraction of sp³-hybridized carbons (Fsp3) is 0.172. The van der Waals surface area contributed by atoms with E-state index in [1.165, 1.54) is 45.0 Å². The number of hydrogen-bond acceptors (Lipinski definition) is 0. The summed E-state index contributed by atoms with van der Waals surface area (Å²) in [7, 11) is 0. The van der Waals surface area contributed by atoms with Crippen LogP contribution in [0.4, 0.5) is 43.9 Å². The number of fused-ring (bicyclic) bond motifs is 3. The number of rotatable bonds is 4. The lowest BCUT2D eigenvalue weighted by atomic mass is 9.19. The molecule has 4 aromatic carbocycles. The molecule has 1 aliphatic carbocycles. The molecule has 1 nitrogen and oxygen atoms in total. The van der Waals surface area contributed by atoms with Gasteiger partial charge in [-0.15, -0.1) is 0 Å². The highest BCUT2D eigenvalue weighted by atomic mass is 19.2. The number of nitrogens with two attached hydrogens (primary N) is 1. The van der Waals surface area contributed by atoms with Gasteiger partial charge in [0.25, 0.3) is 6.28 Å². The molecule has 0 atom stereocenters. The van der Waals surface area contributed by atoms with Gasteiger partial charge in [-0.2, -0.15) is 0 Å². The van der Waals surface area contributed by atoms with Crippen molar-refractivity contribution in [3.63, 3.8) is 0 Å². The molecule has 4 aromatic rings. The van der Waals surface area contributed by atoms with Crippen molar-refractivity contribution in [2.45, 2.75) is 32.1 Å². The minimum atomic E-state index is -4.23. The van der Waals surface area contributed by atoms with Crippen LogP contribution in [0.25, 0.3) is 11.1 Å². The Hall–Kier alpha value is -3.80. The summed E-state index contributed by atoms with van der Waals surface area (Å²) in [5.41, 5.74) is -3.73. The highest BCUT2D eigenvalue weighted by molar-refractivity contribution is 6.97. The monoisotopic (exact) mass is 583 g/mol. The first-order valence-electron chi connectivity index (χ1n) is 12.4. The molecule has 41 heavy (non-hydrogen) atoms. The SMILES string of the molecule is CC(C)(C)[NH2+][B-](c1c(F)c(F)c(F)c(F)c1F)(c1c(F)c(F)c(F)c(F)c1F)C1c2ccccc2-c2ccccc21. The molecule has 0 aromatic heterocycles. The van der Waals surface area contributed by atoms with Crippen molar-refractivity contribution in [3.05, 3.63) is 118 Å². The second-order valence-corrected chi connectivity index (χ2v) is 11.2. The summed E-state index contributed by atoms with van der Waals surface area (Å²) < 4.78 is 151. The van der Waals surface area contributed by atoms with Crippen LogP contribution in [-0.2, 0) is 0 Å². The van der Waals surface area contributed by atoms with Crippen LogP contribution in [0, 0.1) is 58.2 Å². The van der Waals surface area contributed by atoms with E-state index in [2.05, 4.69) is 0 Å². The molecule has 0 fully saturated rings. The summed E-state index contributed by atoms with van der Waals surface area (Å²) in [5, 5.41) is 0.938. The van der Waals surface area contributed by atoms with E-state index in [0.29, 0.717) is 11.1 Å². The van der Waals surface area contributed by atoms with Crippen molar-refractivity contribution < 1.29 is 49.1 Å². The van der Waals surface area contributed by atoms with Gasteiger partial charge in [0.2, 0.25) is 0 Å². The van der Waals surface area contributed by atoms with E-state index in [-0.39, 0.29) is 11.1 Å². The Kier molecular flexibility index (Phi) is 6.76. The lowest BCUT2D eigenvalue weighted by Crippen LogP contribution is -3.15. The van der Waals surface area contributed by atoms with Gasteiger partial charge in [0.15, 0.2) is 34.9 Å². The average molecular weight is 583 g/mol. The van der Waals surface area contributed by atoms with Crippen LogP contribution in [0.5, 0.6) is 0 Å². The lowest BCUT2D eigenvalue weighted by molar-refractivity contribution is -0.603. The Morgan fingerprint density at radius 3 is 1.10 bits per heavy atom. The molecule has 214 valence electrons. The van der Waals surface area contributed by atoms with Gasteiger partial charge in [0.1, 0.15) is 23.3 Å². The molecule has 0 saturated carbocycles. The van der Waals surface area contributed by atoms with Gasteiger partial charge >= 0.3 is 0 Å². The minimum Gasteiger partial charge on any atom is -0.524 e. The Bertz CT molecular complexity index is 1560. The molecule has 5 rings (SSSR count). The van der Waals surface area contributed by atoms with E-state index in [0.717, 1.165) is 5.23 Å². The van der Waals surface area contributed by atoms with Gasteiger partial charge in [0.05, 0.1) is 0 Å². The van der Waals surface area contributed by atoms with Crippen LogP contribution in [0.2, 0.25) is 0 Å². The third-order valence-corrected chi connectivity index (χ3v) is 7.61. The molecule has 12 heteroatoms. The summed E-state index contributed by atoms with van der Waals surface area (Å²) in [4.78, 5) is 0. The first kappa shape index (κ1) is 28.7. The van der Waals surface area contributed by atoms with Crippen molar-refractivity contribution >= 4 is 17.2 Å². The van der Waals surface area contributed by atoms with Crippen molar-refractivity contribution in [1.82, 2.24) is 0 Å². The van der Waals surface area contributed by atoms with Crippen molar-refractivity contribution in [2.24, 2.45) is 0 Å². The quantitative estimate of drug-likeness (QED) is 0.135. The fourth-order valence-corrected chi connectivity index (χ4v) is 6.37. The summed E-state index contributed by atoms with van der Waals surface area (Å²) >= 11 is 0. The number of halogens is 10. The summed E-state index contributed by atoms with van der Waals surface area (Å²) in [5.74, 6) is -26.3. The van der Waals surface area contributed by atoms with Gasteiger partial charge in [-0.1, -0.05) is 70.6 Å². The zero-order valence-corrected chi connectivity index (χ0v) is 21.6. The largest absolute Gasteiger partial charge is 0.524 e. The molecule has 0 bridgehead atoms. The molecular formula is C29H20BF10N. The van der Waals surface area contributed by atoms with E-state index in [1.807, 2.05) is 0 Å². The second-order valence-electron chi connectivity index (χ2n) is 11.2. The third-order valence-electron chi connectivity index (χ3n) is 7.61. The Balaban J connectivity index is 2.13. The maximum absolute atomic E-state index is 15.9. The highest BCUT2D eigenvalue weighted by Gasteiger charge is 2.56. The Morgan fingerprint density at radius 1 is 0.488 bits per heavy atom. The summed E-state index contributed by atoms with van der Waals surface area (Å²) in [6.07, 6.45) is -4.23. The average Bonchev–Trinajstić information content (AvgIpc) is 3.27. The van der Waals surface area contributed by atoms with Crippen LogP contribution in [0.1, 0.15) is 37.7 Å². The molecule has 2 N–H and O–H groups in total. The van der Waals surface area contributed by atoms with Gasteiger partial charge in [-0.05, 0) is 37.7 Å². The zero-order chi connectivity index (χ0) is 30.2. The lowest BCUT2D eigenvalue weighted by Gasteiger charge is -2.48. The van der Waals surface area contributed by atoms with Gasteiger partial charge in [0, 0.05) is 5.54 Å². The molecule has 0 saturated heterocycles. The smallest absolute Gasteiger partial charge is 0.284 e. The third kappa shape index (κ3) is 4.06. The first-order valence-corrected chi connectivity index (χ1v) is 12.4. The highest BCUT2D eigenvalue weighted by Crippen LogP contribution is 2.48. The second kappa shape index (κ2) is 9.65. The minimum absolute atomic E-state index is 0.127. The normalized spacial score (nSPS) is 13.5. The number of quaternary nitrogens is 1. The molecule has 0 unspecified atom stereocenters. The standard InChI is InChI=1S/C29H20BF10N/c1-29(2,3)41-30(17-19(31)23(35)27(39)24(36)20(17)32,18-21(33)25(37)28(40)26(38)22(18)34)16-14-10-6-4-8-12(14)13-9-5-7-11-15(13)16/h4-11,16H,41H2,1-3H3. The Morgan fingerprint density at radius 2 is 0.780 bits per heavy atom. The number of benzene rings is 4. The van der Waals surface area contributed by atoms with Gasteiger partial charge in [-0.3, -0.25) is 0 Å². The maximum atomic E-state index is 15.9. The van der Waals surface area contributed by atoms with E-state index in [9.17, 15) is 26.3 Å². The van der Waals surface area contributed by atoms with E-state index in [4.69, 9.17) is 0 Å². The number of hydrogen-bond donors (Lipinski definition) is 1. The molecule has 0 heterocycles. The fourth-order valence-electron chi connectivity index (χ4n) is 6.37. The molecule has 0 spiro atoms. The van der Waals surface area contributed by atoms with Crippen molar-refractivity contribution in [1.29, 1.82) is 0 Å². The van der Waals surface area contributed by atoms with Crippen molar-refractivity contribution in [2.75, 3.05) is 0 Å². The Labute approximate surface area is 227 Å². The van der Waals surface area contributed by atoms with E-state index in [1.54, 1.807) is 24.3 Å². The topological polar surface area (TPSA) is 16.6 Å². The van der Waals surface area contributed by atoms with Crippen LogP contribution in [0.3, 0.4) is 0 Å². The van der Waals surface area contributed by atoms with E-state index >= 15 is 17.6 Å². The predicted molar refractivity (Wildman–Crippen MR) is 133 cm³/mol. The van der Waals surface area contributed by atoms with Gasteiger partial charge < -0.3 is 5.23 Å². The van der Waals surface area contributed by atoms with Crippen LogP contribution in [-0.4, -0.2) is 11.8 Å². The summed E-state index contributed by atoms with van der Waals surface area (Å²) in [6, 6.07) is 12.0.